The number of aromatic nitrogens is 2. The van der Waals surface area contributed by atoms with Crippen LogP contribution in [0.2, 0.25) is 0 Å². The molecule has 0 saturated heterocycles. The Balaban J connectivity index is 1.88. The largest absolute Gasteiger partial charge is 0.279 e. The highest BCUT2D eigenvalue weighted by molar-refractivity contribution is 9.10. The summed E-state index contributed by atoms with van der Waals surface area (Å²) >= 11 is 3.39. The Morgan fingerprint density at radius 3 is 2.57 bits per heavy atom. The number of aryl methyl sites for hydroxylation is 1. The molecule has 23 heavy (non-hydrogen) atoms. The minimum Gasteiger partial charge on any atom is -0.279 e. The number of nitrogens with one attached hydrogen (secondary N) is 1. The lowest BCUT2D eigenvalue weighted by Crippen LogP contribution is -2.12. The molecule has 1 N–H and O–H groups in total. The van der Waals surface area contributed by atoms with Gasteiger partial charge in [-0.1, -0.05) is 40.2 Å². The number of hydrogen-bond donors (Lipinski definition) is 1. The lowest BCUT2D eigenvalue weighted by molar-refractivity contribution is 0.601. The van der Waals surface area contributed by atoms with Crippen molar-refractivity contribution in [1.82, 2.24) is 9.78 Å². The van der Waals surface area contributed by atoms with Crippen molar-refractivity contribution in [2.75, 3.05) is 4.72 Å². The molecular formula is C16H14BrN3O2S. The number of sulfonamides is 1. The molecule has 7 heteroatoms. The fourth-order valence-electron chi connectivity index (χ4n) is 2.04. The van der Waals surface area contributed by atoms with Crippen molar-refractivity contribution >= 4 is 31.6 Å². The molecule has 0 atom stereocenters. The van der Waals surface area contributed by atoms with E-state index in [2.05, 4.69) is 25.8 Å². The summed E-state index contributed by atoms with van der Waals surface area (Å²) in [5, 5.41) is 4.11. The van der Waals surface area contributed by atoms with E-state index in [1.807, 2.05) is 43.3 Å². The quantitative estimate of drug-likeness (QED) is 0.736. The molecule has 118 valence electrons. The Bertz CT molecular complexity index is 937. The van der Waals surface area contributed by atoms with E-state index in [-0.39, 0.29) is 4.90 Å². The van der Waals surface area contributed by atoms with Crippen LogP contribution in [0.5, 0.6) is 0 Å². The number of rotatable bonds is 4. The van der Waals surface area contributed by atoms with E-state index < -0.39 is 10.0 Å². The van der Waals surface area contributed by atoms with Crippen molar-refractivity contribution in [2.24, 2.45) is 0 Å². The van der Waals surface area contributed by atoms with E-state index in [0.29, 0.717) is 5.69 Å². The van der Waals surface area contributed by atoms with E-state index >= 15 is 0 Å². The van der Waals surface area contributed by atoms with Crippen LogP contribution < -0.4 is 4.72 Å². The molecule has 5 nitrogen and oxygen atoms in total. The van der Waals surface area contributed by atoms with E-state index in [0.717, 1.165) is 15.7 Å². The Hall–Kier alpha value is -2.12. The second-order valence-electron chi connectivity index (χ2n) is 5.03. The van der Waals surface area contributed by atoms with E-state index in [4.69, 9.17) is 0 Å². The molecule has 0 aliphatic rings. The number of hydrogen-bond acceptors (Lipinski definition) is 3. The van der Waals surface area contributed by atoms with Crippen LogP contribution in [0.4, 0.5) is 5.69 Å². The summed E-state index contributed by atoms with van der Waals surface area (Å²) in [6.45, 7) is 1.94. The van der Waals surface area contributed by atoms with Crippen LogP contribution in [0.3, 0.4) is 0 Å². The van der Waals surface area contributed by atoms with Gasteiger partial charge in [-0.2, -0.15) is 5.10 Å². The first-order chi connectivity index (χ1) is 11.0. The molecule has 0 unspecified atom stereocenters. The van der Waals surface area contributed by atoms with Crippen LogP contribution in [0.15, 0.2) is 70.3 Å². The van der Waals surface area contributed by atoms with Gasteiger partial charge in [0, 0.05) is 10.2 Å². The molecule has 0 saturated carbocycles. The van der Waals surface area contributed by atoms with Crippen molar-refractivity contribution < 1.29 is 8.42 Å². The lowest BCUT2D eigenvalue weighted by atomic mass is 10.2. The molecule has 0 aliphatic heterocycles. The fourth-order valence-corrected chi connectivity index (χ4v) is 3.40. The van der Waals surface area contributed by atoms with Crippen LogP contribution in [0, 0.1) is 6.92 Å². The number of halogens is 1. The Kier molecular flexibility index (Phi) is 4.23. The van der Waals surface area contributed by atoms with Gasteiger partial charge in [-0.3, -0.25) is 4.72 Å². The van der Waals surface area contributed by atoms with E-state index in [1.54, 1.807) is 12.1 Å². The molecule has 1 aromatic heterocycles. The Morgan fingerprint density at radius 1 is 1.13 bits per heavy atom. The van der Waals surface area contributed by atoms with Crippen molar-refractivity contribution in [1.29, 1.82) is 0 Å². The van der Waals surface area contributed by atoms with Gasteiger partial charge in [0.15, 0.2) is 0 Å². The highest BCUT2D eigenvalue weighted by Crippen LogP contribution is 2.23. The second kappa shape index (κ2) is 6.17. The number of benzene rings is 2. The molecule has 0 aliphatic carbocycles. The summed E-state index contributed by atoms with van der Waals surface area (Å²) in [6, 6.07) is 14.6. The first kappa shape index (κ1) is 15.8. The minimum absolute atomic E-state index is 0.109. The van der Waals surface area contributed by atoms with Gasteiger partial charge in [-0.15, -0.1) is 0 Å². The molecule has 0 amide bonds. The maximum absolute atomic E-state index is 12.5. The zero-order valence-electron chi connectivity index (χ0n) is 12.3. The standard InChI is InChI=1S/C16H14BrN3O2S/c1-12-7-8-13(9-16(12)17)19-23(21,22)15-10-18-20(11-15)14-5-3-2-4-6-14/h2-11,19H,1H3. The van der Waals surface area contributed by atoms with E-state index in [1.165, 1.54) is 17.1 Å². The average Bonchev–Trinajstić information content (AvgIpc) is 3.02. The SMILES string of the molecule is Cc1ccc(NS(=O)(=O)c2cnn(-c3ccccc3)c2)cc1Br. The van der Waals surface area contributed by atoms with Crippen LogP contribution in [-0.4, -0.2) is 18.2 Å². The van der Waals surface area contributed by atoms with Gasteiger partial charge in [-0.05, 0) is 36.8 Å². The van der Waals surface area contributed by atoms with Crippen molar-refractivity contribution in [3.63, 3.8) is 0 Å². The molecule has 0 radical (unpaired) electrons. The first-order valence-electron chi connectivity index (χ1n) is 6.85. The van der Waals surface area contributed by atoms with Crippen LogP contribution in [0.25, 0.3) is 5.69 Å². The monoisotopic (exact) mass is 391 g/mol. The maximum atomic E-state index is 12.5. The van der Waals surface area contributed by atoms with Crippen molar-refractivity contribution in [3.8, 4) is 5.69 Å². The van der Waals surface area contributed by atoms with E-state index in [9.17, 15) is 8.42 Å². The van der Waals surface area contributed by atoms with Crippen LogP contribution in [-0.2, 0) is 10.0 Å². The molecule has 3 rings (SSSR count). The molecule has 0 bridgehead atoms. The predicted octanol–water partition coefficient (Wildman–Crippen LogP) is 3.74. The predicted molar refractivity (Wildman–Crippen MR) is 93.3 cm³/mol. The summed E-state index contributed by atoms with van der Waals surface area (Å²) in [6.07, 6.45) is 2.82. The highest BCUT2D eigenvalue weighted by atomic mass is 79.9. The zero-order valence-corrected chi connectivity index (χ0v) is 14.7. The zero-order chi connectivity index (χ0) is 16.4. The molecule has 1 heterocycles. The molecule has 3 aromatic rings. The van der Waals surface area contributed by atoms with Gasteiger partial charge in [0.25, 0.3) is 10.0 Å². The number of anilines is 1. The summed E-state index contributed by atoms with van der Waals surface area (Å²) in [5.41, 5.74) is 2.33. The fraction of sp³-hybridized carbons (Fsp3) is 0.0625. The molecule has 2 aromatic carbocycles. The third-order valence-electron chi connectivity index (χ3n) is 3.31. The smallest absolute Gasteiger partial charge is 0.265 e. The Labute approximate surface area is 143 Å². The summed E-state index contributed by atoms with van der Waals surface area (Å²) in [7, 11) is -3.68. The van der Waals surface area contributed by atoms with Gasteiger partial charge in [0.1, 0.15) is 4.90 Å². The summed E-state index contributed by atoms with van der Waals surface area (Å²) in [5.74, 6) is 0. The van der Waals surface area contributed by atoms with Crippen LogP contribution >= 0.6 is 15.9 Å². The average molecular weight is 392 g/mol. The first-order valence-corrected chi connectivity index (χ1v) is 9.12. The Morgan fingerprint density at radius 2 is 1.87 bits per heavy atom. The molecular weight excluding hydrogens is 378 g/mol. The van der Waals surface area contributed by atoms with Gasteiger partial charge >= 0.3 is 0 Å². The molecule has 0 fully saturated rings. The highest BCUT2D eigenvalue weighted by Gasteiger charge is 2.17. The van der Waals surface area contributed by atoms with Gasteiger partial charge in [-0.25, -0.2) is 13.1 Å². The summed E-state index contributed by atoms with van der Waals surface area (Å²) < 4.78 is 29.9. The summed E-state index contributed by atoms with van der Waals surface area (Å²) in [4.78, 5) is 0.109. The third kappa shape index (κ3) is 3.46. The second-order valence-corrected chi connectivity index (χ2v) is 7.56. The number of nitrogens with zero attached hydrogens (tertiary/aromatic N) is 2. The van der Waals surface area contributed by atoms with Gasteiger partial charge in [0.05, 0.1) is 18.1 Å². The normalized spacial score (nSPS) is 11.4. The van der Waals surface area contributed by atoms with Crippen molar-refractivity contribution in [3.05, 3.63) is 71.0 Å². The van der Waals surface area contributed by atoms with Gasteiger partial charge < -0.3 is 0 Å². The maximum Gasteiger partial charge on any atom is 0.265 e. The van der Waals surface area contributed by atoms with Crippen LogP contribution in [0.1, 0.15) is 5.56 Å². The molecule has 0 spiro atoms. The topological polar surface area (TPSA) is 64.0 Å². The third-order valence-corrected chi connectivity index (χ3v) is 5.50. The van der Waals surface area contributed by atoms with Gasteiger partial charge in [0.2, 0.25) is 0 Å². The lowest BCUT2D eigenvalue weighted by Gasteiger charge is -2.07. The van der Waals surface area contributed by atoms with Crippen molar-refractivity contribution in [2.45, 2.75) is 11.8 Å². The number of para-hydroxylation sites is 1. The minimum atomic E-state index is -3.68.